The number of carbonyl (C=O) groups is 3. The van der Waals surface area contributed by atoms with Crippen LogP contribution in [0.2, 0.25) is 0 Å². The van der Waals surface area contributed by atoms with E-state index in [1.54, 1.807) is 29.2 Å². The van der Waals surface area contributed by atoms with Crippen LogP contribution in [0.25, 0.3) is 0 Å². The Morgan fingerprint density at radius 2 is 1.84 bits per heavy atom. The minimum atomic E-state index is -0.598. The van der Waals surface area contributed by atoms with Crippen LogP contribution >= 0.6 is 0 Å². The molecule has 2 heterocycles. The molecule has 1 aliphatic carbocycles. The third-order valence-electron chi connectivity index (χ3n) is 6.77. The van der Waals surface area contributed by atoms with Gasteiger partial charge in [-0.05, 0) is 55.4 Å². The summed E-state index contributed by atoms with van der Waals surface area (Å²) in [7, 11) is 1.34. The van der Waals surface area contributed by atoms with E-state index in [1.807, 2.05) is 4.90 Å². The number of nitrogens with zero attached hydrogens (tertiary/aromatic N) is 2. The molecule has 168 valence electrons. The first-order valence-electron chi connectivity index (χ1n) is 11.0. The molecular formula is C23H30N2O6. The zero-order valence-corrected chi connectivity index (χ0v) is 17.9. The highest BCUT2D eigenvalue weighted by Crippen LogP contribution is 2.38. The van der Waals surface area contributed by atoms with Gasteiger partial charge < -0.3 is 24.4 Å². The van der Waals surface area contributed by atoms with Gasteiger partial charge in [0.1, 0.15) is 11.9 Å². The van der Waals surface area contributed by atoms with E-state index in [9.17, 15) is 19.5 Å². The number of rotatable bonds is 6. The van der Waals surface area contributed by atoms with Crippen LogP contribution in [-0.2, 0) is 14.3 Å². The van der Waals surface area contributed by atoms with Gasteiger partial charge in [-0.2, -0.15) is 0 Å². The van der Waals surface area contributed by atoms with Gasteiger partial charge in [0.2, 0.25) is 11.8 Å². The highest BCUT2D eigenvalue weighted by Gasteiger charge is 2.43. The van der Waals surface area contributed by atoms with Gasteiger partial charge in [0, 0.05) is 39.0 Å². The number of aliphatic hydroxyl groups excluding tert-OH is 1. The molecule has 2 aliphatic heterocycles. The fourth-order valence-corrected chi connectivity index (χ4v) is 5.01. The second kappa shape index (κ2) is 9.26. The number of aliphatic hydroxyl groups is 1. The summed E-state index contributed by atoms with van der Waals surface area (Å²) in [5.41, 5.74) is 0.444. The van der Waals surface area contributed by atoms with E-state index < -0.39 is 12.1 Å². The summed E-state index contributed by atoms with van der Waals surface area (Å²) in [5, 5.41) is 10.6. The maximum Gasteiger partial charge on any atom is 0.337 e. The number of ether oxygens (including phenoxy) is 2. The van der Waals surface area contributed by atoms with Crippen molar-refractivity contribution in [2.24, 2.45) is 11.8 Å². The molecule has 4 rings (SSSR count). The van der Waals surface area contributed by atoms with Gasteiger partial charge in [-0.1, -0.05) is 0 Å². The predicted octanol–water partition coefficient (Wildman–Crippen LogP) is 1.46. The van der Waals surface area contributed by atoms with Gasteiger partial charge in [0.25, 0.3) is 0 Å². The van der Waals surface area contributed by atoms with Crippen LogP contribution in [0.3, 0.4) is 0 Å². The molecular weight excluding hydrogens is 400 g/mol. The van der Waals surface area contributed by atoms with Gasteiger partial charge in [0.15, 0.2) is 0 Å². The van der Waals surface area contributed by atoms with Gasteiger partial charge >= 0.3 is 5.97 Å². The van der Waals surface area contributed by atoms with E-state index in [0.717, 1.165) is 13.0 Å². The molecule has 0 radical (unpaired) electrons. The lowest BCUT2D eigenvalue weighted by atomic mass is 9.78. The van der Waals surface area contributed by atoms with Crippen LogP contribution in [0, 0.1) is 11.8 Å². The lowest BCUT2D eigenvalue weighted by molar-refractivity contribution is -0.132. The summed E-state index contributed by atoms with van der Waals surface area (Å²) in [6.07, 6.45) is 2.17. The molecule has 8 nitrogen and oxygen atoms in total. The lowest BCUT2D eigenvalue weighted by Crippen LogP contribution is -2.42. The first kappa shape index (κ1) is 21.6. The Bertz CT molecular complexity index is 826. The third-order valence-corrected chi connectivity index (χ3v) is 6.77. The molecule has 4 atom stereocenters. The topological polar surface area (TPSA) is 96.4 Å². The van der Waals surface area contributed by atoms with Crippen molar-refractivity contribution in [3.05, 3.63) is 29.8 Å². The fraction of sp³-hybridized carbons (Fsp3) is 0.609. The summed E-state index contributed by atoms with van der Waals surface area (Å²) < 4.78 is 10.7. The van der Waals surface area contributed by atoms with Gasteiger partial charge in [-0.15, -0.1) is 0 Å². The minimum absolute atomic E-state index is 0.0828. The van der Waals surface area contributed by atoms with Crippen molar-refractivity contribution in [3.63, 3.8) is 0 Å². The molecule has 1 saturated carbocycles. The van der Waals surface area contributed by atoms with E-state index in [-0.39, 0.29) is 23.8 Å². The minimum Gasteiger partial charge on any atom is -0.488 e. The molecule has 2 saturated heterocycles. The Balaban J connectivity index is 1.30. The van der Waals surface area contributed by atoms with Crippen molar-refractivity contribution in [2.45, 2.75) is 44.3 Å². The highest BCUT2D eigenvalue weighted by atomic mass is 16.5. The first-order chi connectivity index (χ1) is 14.9. The van der Waals surface area contributed by atoms with Gasteiger partial charge in [-0.3, -0.25) is 9.59 Å². The van der Waals surface area contributed by atoms with Crippen molar-refractivity contribution in [1.82, 2.24) is 9.80 Å². The first-order valence-corrected chi connectivity index (χ1v) is 11.0. The van der Waals surface area contributed by atoms with Crippen molar-refractivity contribution >= 4 is 17.8 Å². The summed E-state index contributed by atoms with van der Waals surface area (Å²) >= 11 is 0. The lowest BCUT2D eigenvalue weighted by Gasteiger charge is -2.35. The molecule has 0 aromatic heterocycles. The molecule has 1 N–H and O–H groups in total. The maximum absolute atomic E-state index is 12.7. The fourth-order valence-electron chi connectivity index (χ4n) is 5.01. The van der Waals surface area contributed by atoms with Crippen molar-refractivity contribution in [2.75, 3.05) is 33.3 Å². The van der Waals surface area contributed by atoms with E-state index >= 15 is 0 Å². The zero-order valence-electron chi connectivity index (χ0n) is 17.9. The van der Waals surface area contributed by atoms with Crippen molar-refractivity contribution in [3.8, 4) is 5.75 Å². The molecule has 8 heteroatoms. The van der Waals surface area contributed by atoms with Crippen LogP contribution in [0.15, 0.2) is 24.3 Å². The number of esters is 1. The molecule has 31 heavy (non-hydrogen) atoms. The van der Waals surface area contributed by atoms with Crippen LogP contribution in [0.4, 0.5) is 0 Å². The molecule has 1 aromatic rings. The van der Waals surface area contributed by atoms with E-state index in [0.29, 0.717) is 62.5 Å². The zero-order chi connectivity index (χ0) is 22.0. The van der Waals surface area contributed by atoms with E-state index in [1.165, 1.54) is 7.11 Å². The normalized spacial score (nSPS) is 27.9. The van der Waals surface area contributed by atoms with Crippen LogP contribution in [0.1, 0.15) is 42.5 Å². The second-order valence-corrected chi connectivity index (χ2v) is 8.76. The quantitative estimate of drug-likeness (QED) is 0.687. The summed E-state index contributed by atoms with van der Waals surface area (Å²) in [4.78, 5) is 39.6. The summed E-state index contributed by atoms with van der Waals surface area (Å²) in [5.74, 6) is 0.979. The second-order valence-electron chi connectivity index (χ2n) is 8.76. The SMILES string of the molecule is COC(=O)c1ccc(O[C@@H]2C[C@@H]3CN(C(=O)CCN4CCCC4=O)C[C@@H]3C[C@H]2O)cc1. The molecule has 0 spiro atoms. The number of carbonyl (C=O) groups excluding carboxylic acids is 3. The maximum atomic E-state index is 12.7. The van der Waals surface area contributed by atoms with Crippen LogP contribution in [0.5, 0.6) is 5.75 Å². The van der Waals surface area contributed by atoms with Crippen LogP contribution < -0.4 is 4.74 Å². The third kappa shape index (κ3) is 4.84. The molecule has 0 unspecified atom stereocenters. The van der Waals surface area contributed by atoms with Gasteiger partial charge in [0.05, 0.1) is 18.8 Å². The number of likely N-dealkylation sites (tertiary alicyclic amines) is 2. The number of fused-ring (bicyclic) bond motifs is 1. The molecule has 1 aromatic carbocycles. The highest BCUT2D eigenvalue weighted by molar-refractivity contribution is 5.89. The Morgan fingerprint density at radius 1 is 1.13 bits per heavy atom. The van der Waals surface area contributed by atoms with E-state index in [2.05, 4.69) is 0 Å². The summed E-state index contributed by atoms with van der Waals surface area (Å²) in [6, 6.07) is 6.69. The number of amides is 2. The standard InChI is InChI=1S/C23H30N2O6/c1-30-23(29)15-4-6-18(7-5-15)31-20-12-17-14-25(13-16(17)11-19(20)26)22(28)8-10-24-9-2-3-21(24)27/h4-7,16-17,19-20,26H,2-3,8-14H2,1H3/t16-,17+,19+,20+/m0/s1. The largest absolute Gasteiger partial charge is 0.488 e. The number of hydrogen-bond acceptors (Lipinski definition) is 6. The number of hydrogen-bond donors (Lipinski definition) is 1. The van der Waals surface area contributed by atoms with Crippen molar-refractivity contribution in [1.29, 1.82) is 0 Å². The number of benzene rings is 1. The Labute approximate surface area is 182 Å². The average molecular weight is 431 g/mol. The van der Waals surface area contributed by atoms with Crippen LogP contribution in [-0.4, -0.2) is 78.2 Å². The van der Waals surface area contributed by atoms with Crippen molar-refractivity contribution < 1.29 is 29.0 Å². The van der Waals surface area contributed by atoms with E-state index in [4.69, 9.17) is 9.47 Å². The van der Waals surface area contributed by atoms with Gasteiger partial charge in [-0.25, -0.2) is 4.79 Å². The smallest absolute Gasteiger partial charge is 0.337 e. The Hall–Kier alpha value is -2.61. The molecule has 3 aliphatic rings. The average Bonchev–Trinajstić information content (AvgIpc) is 3.37. The Kier molecular flexibility index (Phi) is 6.46. The molecule has 3 fully saturated rings. The predicted molar refractivity (Wildman–Crippen MR) is 111 cm³/mol. The molecule has 0 bridgehead atoms. The monoisotopic (exact) mass is 430 g/mol. The number of methoxy groups -OCH3 is 1. The Morgan fingerprint density at radius 3 is 2.48 bits per heavy atom. The summed E-state index contributed by atoms with van der Waals surface area (Å²) in [6.45, 7) is 2.59. The molecule has 2 amide bonds.